The predicted molar refractivity (Wildman–Crippen MR) is 114 cm³/mol. The van der Waals surface area contributed by atoms with E-state index < -0.39 is 0 Å². The third kappa shape index (κ3) is 3.97. The van der Waals surface area contributed by atoms with Gasteiger partial charge in [-0.1, -0.05) is 51.4 Å². The van der Waals surface area contributed by atoms with Crippen molar-refractivity contribution >= 4 is 38.6 Å². The van der Waals surface area contributed by atoms with E-state index in [1.807, 2.05) is 55.5 Å². The highest BCUT2D eigenvalue weighted by atomic mass is 79.9. The number of halogens is 1. The maximum Gasteiger partial charge on any atom is 0.266 e. The number of rotatable bonds is 5. The first-order valence-electron chi connectivity index (χ1n) is 8.99. The number of benzene rings is 2. The lowest BCUT2D eigenvalue weighted by atomic mass is 10.1. The Morgan fingerprint density at radius 3 is 2.76 bits per heavy atom. The van der Waals surface area contributed by atoms with Crippen molar-refractivity contribution in [3.05, 3.63) is 75.2 Å². The second-order valence-corrected chi connectivity index (χ2v) is 7.44. The van der Waals surface area contributed by atoms with Gasteiger partial charge in [0.05, 0.1) is 0 Å². The molecule has 0 atom stereocenters. The number of nitrogens with zero attached hydrogens (tertiary/aromatic N) is 3. The molecule has 0 aliphatic rings. The number of anilines is 1. The fraction of sp³-hybridized carbons (Fsp3) is 0.143. The van der Waals surface area contributed by atoms with Crippen LogP contribution >= 0.6 is 15.9 Å². The summed E-state index contributed by atoms with van der Waals surface area (Å²) >= 11 is 3.43. The second kappa shape index (κ2) is 8.00. The van der Waals surface area contributed by atoms with Gasteiger partial charge in [0.15, 0.2) is 0 Å². The minimum Gasteiger partial charge on any atom is -0.335 e. The molecule has 1 amide bonds. The molecular formula is C21H17BrN4O3. The zero-order valence-electron chi connectivity index (χ0n) is 15.6. The zero-order chi connectivity index (χ0) is 20.4. The molecule has 4 aromatic rings. The highest BCUT2D eigenvalue weighted by molar-refractivity contribution is 9.10. The van der Waals surface area contributed by atoms with Crippen molar-refractivity contribution < 1.29 is 9.32 Å². The summed E-state index contributed by atoms with van der Waals surface area (Å²) in [6.07, 6.45) is 1.51. The second-order valence-electron chi connectivity index (χ2n) is 6.58. The number of carbonyl (C=O) groups excluding carboxylic acids is 1. The molecular weight excluding hydrogens is 436 g/mol. The lowest BCUT2D eigenvalue weighted by molar-refractivity contribution is -0.116. The third-order valence-electron chi connectivity index (χ3n) is 4.53. The summed E-state index contributed by atoms with van der Waals surface area (Å²) in [4.78, 5) is 29.4. The molecule has 0 aliphatic carbocycles. The maximum atomic E-state index is 12.9. The summed E-state index contributed by atoms with van der Waals surface area (Å²) in [7, 11) is 0. The Kier molecular flexibility index (Phi) is 5.26. The molecule has 29 heavy (non-hydrogen) atoms. The lowest BCUT2D eigenvalue weighted by Gasteiger charge is -2.08. The van der Waals surface area contributed by atoms with Gasteiger partial charge in [0.2, 0.25) is 5.91 Å². The largest absolute Gasteiger partial charge is 0.335 e. The highest BCUT2D eigenvalue weighted by Gasteiger charge is 2.17. The summed E-state index contributed by atoms with van der Waals surface area (Å²) in [6.45, 7) is 2.14. The number of aromatic nitrogens is 3. The van der Waals surface area contributed by atoms with Crippen molar-refractivity contribution in [2.24, 2.45) is 0 Å². The number of aryl methyl sites for hydroxylation is 2. The van der Waals surface area contributed by atoms with Gasteiger partial charge in [-0.2, -0.15) is 0 Å². The molecule has 0 saturated heterocycles. The molecule has 4 rings (SSSR count). The van der Waals surface area contributed by atoms with Gasteiger partial charge in [-0.05, 0) is 30.7 Å². The molecule has 2 aromatic heterocycles. The van der Waals surface area contributed by atoms with Crippen LogP contribution in [0.5, 0.6) is 0 Å². The Labute approximate surface area is 174 Å². The molecule has 2 aromatic carbocycles. The first-order chi connectivity index (χ1) is 14.0. The predicted octanol–water partition coefficient (Wildman–Crippen LogP) is 4.15. The minimum absolute atomic E-state index is 0.133. The maximum absolute atomic E-state index is 12.9. The minimum atomic E-state index is -0.289. The van der Waals surface area contributed by atoms with Crippen molar-refractivity contribution in [3.63, 3.8) is 0 Å². The van der Waals surface area contributed by atoms with Crippen molar-refractivity contribution in [1.29, 1.82) is 0 Å². The molecule has 1 N–H and O–H groups in total. The zero-order valence-corrected chi connectivity index (χ0v) is 17.1. The van der Waals surface area contributed by atoms with Gasteiger partial charge in [-0.15, -0.1) is 0 Å². The van der Waals surface area contributed by atoms with Crippen LogP contribution in [0.1, 0.15) is 12.0 Å². The lowest BCUT2D eigenvalue weighted by Crippen LogP contribution is -2.23. The average molecular weight is 453 g/mol. The standard InChI is InChI=1S/C21H17BrN4O3/c1-13-11-15(7-8-16(13)22)24-17(27)9-10-26-12-23-20-18(21(26)28)19(25-29-20)14-5-3-2-4-6-14/h2-8,11-12H,9-10H2,1H3,(H,24,27). The van der Waals surface area contributed by atoms with Crippen LogP contribution in [-0.4, -0.2) is 20.6 Å². The van der Waals surface area contributed by atoms with Crippen molar-refractivity contribution in [2.45, 2.75) is 19.9 Å². The molecule has 146 valence electrons. The van der Waals surface area contributed by atoms with Crippen molar-refractivity contribution in [1.82, 2.24) is 14.7 Å². The van der Waals surface area contributed by atoms with E-state index in [4.69, 9.17) is 4.52 Å². The Morgan fingerprint density at radius 2 is 2.00 bits per heavy atom. The van der Waals surface area contributed by atoms with E-state index in [-0.39, 0.29) is 30.1 Å². The van der Waals surface area contributed by atoms with Crippen LogP contribution in [0.2, 0.25) is 0 Å². The molecule has 2 heterocycles. The molecule has 0 spiro atoms. The number of fused-ring (bicyclic) bond motifs is 1. The van der Waals surface area contributed by atoms with Crippen LogP contribution < -0.4 is 10.9 Å². The van der Waals surface area contributed by atoms with E-state index in [0.29, 0.717) is 16.8 Å². The van der Waals surface area contributed by atoms with Gasteiger partial charge in [0.1, 0.15) is 17.4 Å². The van der Waals surface area contributed by atoms with E-state index in [0.717, 1.165) is 15.6 Å². The summed E-state index contributed by atoms with van der Waals surface area (Å²) in [5.74, 6) is -0.188. The Morgan fingerprint density at radius 1 is 1.21 bits per heavy atom. The van der Waals surface area contributed by atoms with Crippen LogP contribution in [0.3, 0.4) is 0 Å². The molecule has 0 unspecified atom stereocenters. The molecule has 0 bridgehead atoms. The molecule has 0 fully saturated rings. The van der Waals surface area contributed by atoms with Gasteiger partial charge < -0.3 is 9.84 Å². The number of hydrogen-bond acceptors (Lipinski definition) is 5. The van der Waals surface area contributed by atoms with Gasteiger partial charge in [0.25, 0.3) is 11.3 Å². The fourth-order valence-corrected chi connectivity index (χ4v) is 3.25. The van der Waals surface area contributed by atoms with Gasteiger partial charge in [-0.3, -0.25) is 14.2 Å². The van der Waals surface area contributed by atoms with E-state index in [1.165, 1.54) is 10.9 Å². The average Bonchev–Trinajstić information content (AvgIpc) is 3.16. The number of carbonyl (C=O) groups is 1. The molecule has 0 aliphatic heterocycles. The van der Waals surface area contributed by atoms with Gasteiger partial charge in [0, 0.05) is 28.7 Å². The summed E-state index contributed by atoms with van der Waals surface area (Å²) in [6, 6.07) is 14.9. The molecule has 8 heteroatoms. The molecule has 0 saturated carbocycles. The van der Waals surface area contributed by atoms with Crippen molar-refractivity contribution in [3.8, 4) is 11.3 Å². The van der Waals surface area contributed by atoms with E-state index in [9.17, 15) is 9.59 Å². The Balaban J connectivity index is 1.54. The smallest absolute Gasteiger partial charge is 0.266 e. The van der Waals surface area contributed by atoms with Gasteiger partial charge >= 0.3 is 0 Å². The Hall–Kier alpha value is -3.26. The summed E-state index contributed by atoms with van der Waals surface area (Å²) in [5.41, 5.74) is 2.84. The first kappa shape index (κ1) is 19.1. The van der Waals surface area contributed by atoms with Crippen LogP contribution in [-0.2, 0) is 11.3 Å². The normalized spacial score (nSPS) is 11.0. The topological polar surface area (TPSA) is 90.0 Å². The summed E-state index contributed by atoms with van der Waals surface area (Å²) < 4.78 is 7.58. The highest BCUT2D eigenvalue weighted by Crippen LogP contribution is 2.24. The number of nitrogens with one attached hydrogen (secondary N) is 1. The molecule has 7 nitrogen and oxygen atoms in total. The van der Waals surface area contributed by atoms with Crippen molar-refractivity contribution in [2.75, 3.05) is 5.32 Å². The quantitative estimate of drug-likeness (QED) is 0.491. The van der Waals surface area contributed by atoms with Crippen LogP contribution in [0.25, 0.3) is 22.4 Å². The number of hydrogen-bond donors (Lipinski definition) is 1. The monoisotopic (exact) mass is 452 g/mol. The Bertz CT molecular complexity index is 1250. The number of amides is 1. The van der Waals surface area contributed by atoms with E-state index >= 15 is 0 Å². The summed E-state index contributed by atoms with van der Waals surface area (Å²) in [5, 5.41) is 7.15. The molecule has 0 radical (unpaired) electrons. The van der Waals surface area contributed by atoms with E-state index in [1.54, 1.807) is 0 Å². The van der Waals surface area contributed by atoms with E-state index in [2.05, 4.69) is 31.4 Å². The third-order valence-corrected chi connectivity index (χ3v) is 5.42. The fourth-order valence-electron chi connectivity index (χ4n) is 3.00. The van der Waals surface area contributed by atoms with Gasteiger partial charge in [-0.25, -0.2) is 4.98 Å². The van der Waals surface area contributed by atoms with Crippen LogP contribution in [0, 0.1) is 6.92 Å². The van der Waals surface area contributed by atoms with Crippen LogP contribution in [0.4, 0.5) is 5.69 Å². The van der Waals surface area contributed by atoms with Crippen LogP contribution in [0.15, 0.2) is 68.6 Å². The SMILES string of the molecule is Cc1cc(NC(=O)CCn2cnc3onc(-c4ccccc4)c3c2=O)ccc1Br. The first-order valence-corrected chi connectivity index (χ1v) is 9.78.